The lowest BCUT2D eigenvalue weighted by atomic mass is 9.94. The summed E-state index contributed by atoms with van der Waals surface area (Å²) in [6, 6.07) is 5.35. The van der Waals surface area contributed by atoms with Crippen molar-refractivity contribution in [2.24, 2.45) is 0 Å². The molecule has 0 spiro atoms. The van der Waals surface area contributed by atoms with Crippen molar-refractivity contribution < 1.29 is 9.59 Å². The number of carbonyl (C=O) groups is 2. The van der Waals surface area contributed by atoms with Gasteiger partial charge in [0.25, 0.3) is 5.91 Å². The lowest BCUT2D eigenvalue weighted by Gasteiger charge is -2.31. The molecular weight excluding hydrogens is 326 g/mol. The minimum atomic E-state index is -0.0844. The summed E-state index contributed by atoms with van der Waals surface area (Å²) in [5.74, 6) is -0.140. The van der Waals surface area contributed by atoms with E-state index >= 15 is 0 Å². The maximum atomic E-state index is 12.7. The van der Waals surface area contributed by atoms with Crippen molar-refractivity contribution in [2.75, 3.05) is 26.0 Å². The summed E-state index contributed by atoms with van der Waals surface area (Å²) < 4.78 is 0. The van der Waals surface area contributed by atoms with Crippen molar-refractivity contribution in [1.82, 2.24) is 10.2 Å². The first-order chi connectivity index (χ1) is 11.5. The van der Waals surface area contributed by atoms with Crippen LogP contribution in [0.5, 0.6) is 0 Å². The molecular formula is C18H26ClN3O2. The molecule has 1 fully saturated rings. The van der Waals surface area contributed by atoms with Crippen LogP contribution in [0.2, 0.25) is 5.02 Å². The monoisotopic (exact) mass is 351 g/mol. The average Bonchev–Trinajstić information content (AvgIpc) is 2.59. The molecule has 0 aliphatic heterocycles. The highest BCUT2D eigenvalue weighted by atomic mass is 35.5. The molecule has 0 saturated heterocycles. The standard InChI is InChI=1S/C18H26ClN3O2/c1-20-11-10-17(23)21-13-8-9-15(16(19)12-13)18(24)22(2)14-6-4-3-5-7-14/h8-9,12,14,20H,3-7,10-11H2,1-2H3,(H,21,23). The third kappa shape index (κ3) is 4.95. The van der Waals surface area contributed by atoms with Crippen LogP contribution >= 0.6 is 11.6 Å². The molecule has 132 valence electrons. The molecule has 1 aliphatic carbocycles. The molecule has 2 N–H and O–H groups in total. The second-order valence-electron chi connectivity index (χ2n) is 6.30. The zero-order chi connectivity index (χ0) is 17.5. The summed E-state index contributed by atoms with van der Waals surface area (Å²) in [5.41, 5.74) is 1.09. The van der Waals surface area contributed by atoms with Crippen molar-refractivity contribution in [3.8, 4) is 0 Å². The van der Waals surface area contributed by atoms with Crippen molar-refractivity contribution in [1.29, 1.82) is 0 Å². The van der Waals surface area contributed by atoms with E-state index in [4.69, 9.17) is 11.6 Å². The molecule has 0 heterocycles. The van der Waals surface area contributed by atoms with Gasteiger partial charge in [0.15, 0.2) is 0 Å². The summed E-state index contributed by atoms with van der Waals surface area (Å²) in [6.07, 6.45) is 6.10. The summed E-state index contributed by atoms with van der Waals surface area (Å²) in [6.45, 7) is 0.613. The van der Waals surface area contributed by atoms with Crippen LogP contribution in [0.15, 0.2) is 18.2 Å². The molecule has 0 aromatic heterocycles. The van der Waals surface area contributed by atoms with E-state index in [-0.39, 0.29) is 11.8 Å². The third-order valence-electron chi connectivity index (χ3n) is 4.53. The quantitative estimate of drug-likeness (QED) is 0.826. The van der Waals surface area contributed by atoms with Gasteiger partial charge in [0, 0.05) is 31.7 Å². The molecule has 1 aromatic carbocycles. The largest absolute Gasteiger partial charge is 0.339 e. The fourth-order valence-corrected chi connectivity index (χ4v) is 3.31. The van der Waals surface area contributed by atoms with E-state index in [1.165, 1.54) is 19.3 Å². The van der Waals surface area contributed by atoms with E-state index in [2.05, 4.69) is 10.6 Å². The Bertz CT molecular complexity index is 586. The summed E-state index contributed by atoms with van der Waals surface area (Å²) in [7, 11) is 3.65. The zero-order valence-electron chi connectivity index (χ0n) is 14.4. The Kier molecular flexibility index (Phi) is 7.06. The van der Waals surface area contributed by atoms with E-state index in [9.17, 15) is 9.59 Å². The summed E-state index contributed by atoms with van der Waals surface area (Å²) >= 11 is 6.28. The Balaban J connectivity index is 2.02. The minimum absolute atomic E-state index is 0.0556. The van der Waals surface area contributed by atoms with Gasteiger partial charge in [0.05, 0.1) is 10.6 Å². The lowest BCUT2D eigenvalue weighted by molar-refractivity contribution is -0.116. The number of anilines is 1. The first-order valence-electron chi connectivity index (χ1n) is 8.54. The molecule has 1 aliphatic rings. The fraction of sp³-hybridized carbons (Fsp3) is 0.556. The van der Waals surface area contributed by atoms with Crippen molar-refractivity contribution >= 4 is 29.1 Å². The molecule has 6 heteroatoms. The van der Waals surface area contributed by atoms with Crippen LogP contribution in [-0.4, -0.2) is 43.4 Å². The molecule has 1 aromatic rings. The van der Waals surface area contributed by atoms with Gasteiger partial charge in [-0.2, -0.15) is 0 Å². The lowest BCUT2D eigenvalue weighted by Crippen LogP contribution is -2.38. The predicted octanol–water partition coefficient (Wildman–Crippen LogP) is 3.29. The van der Waals surface area contributed by atoms with Gasteiger partial charge in [-0.05, 0) is 38.1 Å². The van der Waals surface area contributed by atoms with Gasteiger partial charge in [-0.25, -0.2) is 0 Å². The summed E-state index contributed by atoms with van der Waals surface area (Å²) in [4.78, 5) is 26.2. The van der Waals surface area contributed by atoms with Crippen molar-refractivity contribution in [2.45, 2.75) is 44.6 Å². The Morgan fingerprint density at radius 2 is 1.96 bits per heavy atom. The van der Waals surface area contributed by atoms with Gasteiger partial charge in [-0.15, -0.1) is 0 Å². The van der Waals surface area contributed by atoms with Crippen LogP contribution in [0.4, 0.5) is 5.69 Å². The maximum absolute atomic E-state index is 12.7. The molecule has 5 nitrogen and oxygen atoms in total. The van der Waals surface area contributed by atoms with E-state index in [0.29, 0.717) is 35.3 Å². The van der Waals surface area contributed by atoms with Crippen molar-refractivity contribution in [3.63, 3.8) is 0 Å². The van der Waals surface area contributed by atoms with Crippen LogP contribution < -0.4 is 10.6 Å². The number of hydrogen-bond donors (Lipinski definition) is 2. The highest BCUT2D eigenvalue weighted by molar-refractivity contribution is 6.34. The Labute approximate surface area is 148 Å². The molecule has 0 unspecified atom stereocenters. The molecule has 0 atom stereocenters. The number of nitrogens with one attached hydrogen (secondary N) is 2. The van der Waals surface area contributed by atoms with Gasteiger partial charge in [-0.1, -0.05) is 30.9 Å². The zero-order valence-corrected chi connectivity index (χ0v) is 15.2. The number of nitrogens with zero attached hydrogens (tertiary/aromatic N) is 1. The number of rotatable bonds is 6. The fourth-order valence-electron chi connectivity index (χ4n) is 3.05. The third-order valence-corrected chi connectivity index (χ3v) is 4.84. The second kappa shape index (κ2) is 9.04. The van der Waals surface area contributed by atoms with Gasteiger partial charge >= 0.3 is 0 Å². The first-order valence-corrected chi connectivity index (χ1v) is 8.92. The number of halogens is 1. The van der Waals surface area contributed by atoms with Gasteiger partial charge in [0.1, 0.15) is 0 Å². The number of carbonyl (C=O) groups excluding carboxylic acids is 2. The van der Waals surface area contributed by atoms with Crippen LogP contribution in [0.1, 0.15) is 48.9 Å². The van der Waals surface area contributed by atoms with Crippen LogP contribution in [0, 0.1) is 0 Å². The SMILES string of the molecule is CNCCC(=O)Nc1ccc(C(=O)N(C)C2CCCCC2)c(Cl)c1. The predicted molar refractivity (Wildman–Crippen MR) is 97.6 cm³/mol. The smallest absolute Gasteiger partial charge is 0.255 e. The van der Waals surface area contributed by atoms with Crippen LogP contribution in [-0.2, 0) is 4.79 Å². The molecule has 2 amide bonds. The van der Waals surface area contributed by atoms with Gasteiger partial charge in [-0.3, -0.25) is 9.59 Å². The number of benzene rings is 1. The van der Waals surface area contributed by atoms with Crippen LogP contribution in [0.3, 0.4) is 0 Å². The molecule has 0 radical (unpaired) electrons. The Morgan fingerprint density at radius 1 is 1.25 bits per heavy atom. The second-order valence-corrected chi connectivity index (χ2v) is 6.71. The highest BCUT2D eigenvalue weighted by Gasteiger charge is 2.24. The molecule has 24 heavy (non-hydrogen) atoms. The van der Waals surface area contributed by atoms with E-state index in [1.54, 1.807) is 25.2 Å². The average molecular weight is 352 g/mol. The Morgan fingerprint density at radius 3 is 2.58 bits per heavy atom. The normalized spacial score (nSPS) is 15.1. The minimum Gasteiger partial charge on any atom is -0.339 e. The molecule has 1 saturated carbocycles. The van der Waals surface area contributed by atoms with Gasteiger partial charge in [0.2, 0.25) is 5.91 Å². The van der Waals surface area contributed by atoms with E-state index < -0.39 is 0 Å². The number of hydrogen-bond acceptors (Lipinski definition) is 3. The summed E-state index contributed by atoms with van der Waals surface area (Å²) in [5, 5.41) is 6.08. The van der Waals surface area contributed by atoms with Crippen molar-refractivity contribution in [3.05, 3.63) is 28.8 Å². The highest BCUT2D eigenvalue weighted by Crippen LogP contribution is 2.26. The van der Waals surface area contributed by atoms with E-state index in [0.717, 1.165) is 12.8 Å². The van der Waals surface area contributed by atoms with Crippen LogP contribution in [0.25, 0.3) is 0 Å². The molecule has 0 bridgehead atoms. The van der Waals surface area contributed by atoms with E-state index in [1.807, 2.05) is 11.9 Å². The molecule has 2 rings (SSSR count). The maximum Gasteiger partial charge on any atom is 0.255 e. The number of amides is 2. The Hall–Kier alpha value is -1.59. The topological polar surface area (TPSA) is 61.4 Å². The first kappa shape index (κ1) is 18.7. The van der Waals surface area contributed by atoms with Gasteiger partial charge < -0.3 is 15.5 Å².